The number of H-pyrrole nitrogens is 1. The lowest BCUT2D eigenvalue weighted by Crippen LogP contribution is -2.50. The SMILES string of the molecule is CC1=NC2(CCN(c3nc(C)cc(Nc4cc(C)[nH]n4)n3)CC2)C(=O)N1[C@@H](C)c1ccc(-n2cc(F)cn2)nc1. The van der Waals surface area contributed by atoms with E-state index in [0.717, 1.165) is 23.1 Å². The van der Waals surface area contributed by atoms with E-state index in [4.69, 9.17) is 9.98 Å². The van der Waals surface area contributed by atoms with Gasteiger partial charge >= 0.3 is 0 Å². The number of carbonyl (C=O) groups is 1. The number of nitrogens with zero attached hydrogens (tertiary/aromatic N) is 9. The Morgan fingerprint density at radius 2 is 1.88 bits per heavy atom. The summed E-state index contributed by atoms with van der Waals surface area (Å²) in [5.74, 6) is 2.73. The summed E-state index contributed by atoms with van der Waals surface area (Å²) in [6.07, 6.45) is 5.22. The first kappa shape index (κ1) is 25.6. The van der Waals surface area contributed by atoms with Crippen LogP contribution in [0.5, 0.6) is 0 Å². The molecule has 206 valence electrons. The van der Waals surface area contributed by atoms with Crippen molar-refractivity contribution in [1.29, 1.82) is 0 Å². The molecule has 0 unspecified atom stereocenters. The number of hydrogen-bond acceptors (Lipinski definition) is 9. The van der Waals surface area contributed by atoms with Gasteiger partial charge in [0.2, 0.25) is 5.95 Å². The molecular weight excluding hydrogens is 513 g/mol. The average molecular weight is 544 g/mol. The Hall–Kier alpha value is -4.68. The Morgan fingerprint density at radius 1 is 1.07 bits per heavy atom. The maximum atomic E-state index is 13.8. The number of piperidine rings is 1. The van der Waals surface area contributed by atoms with Gasteiger partial charge in [0.05, 0.1) is 18.4 Å². The molecule has 0 saturated carbocycles. The molecule has 4 aromatic rings. The Labute approximate surface area is 230 Å². The monoisotopic (exact) mass is 543 g/mol. The lowest BCUT2D eigenvalue weighted by Gasteiger charge is -2.37. The predicted octanol–water partition coefficient (Wildman–Crippen LogP) is 3.64. The number of anilines is 3. The van der Waals surface area contributed by atoms with Crippen molar-refractivity contribution in [3.63, 3.8) is 0 Å². The fourth-order valence-electron chi connectivity index (χ4n) is 5.37. The van der Waals surface area contributed by atoms with Crippen molar-refractivity contribution in [3.05, 3.63) is 65.6 Å². The van der Waals surface area contributed by atoms with Crippen molar-refractivity contribution in [2.75, 3.05) is 23.3 Å². The fourth-order valence-corrected chi connectivity index (χ4v) is 5.37. The molecule has 2 aliphatic rings. The van der Waals surface area contributed by atoms with Gasteiger partial charge in [-0.2, -0.15) is 15.2 Å². The zero-order valence-corrected chi connectivity index (χ0v) is 22.8. The molecule has 12 nitrogen and oxygen atoms in total. The molecule has 4 aromatic heterocycles. The summed E-state index contributed by atoms with van der Waals surface area (Å²) in [6.45, 7) is 8.92. The number of nitrogens with one attached hydrogen (secondary N) is 2. The summed E-state index contributed by atoms with van der Waals surface area (Å²) < 4.78 is 14.7. The molecule has 2 N–H and O–H groups in total. The number of aromatic amines is 1. The number of amidine groups is 1. The van der Waals surface area contributed by atoms with Crippen LogP contribution in [0.15, 0.2) is 47.8 Å². The third-order valence-corrected chi connectivity index (χ3v) is 7.45. The van der Waals surface area contributed by atoms with Crippen molar-refractivity contribution < 1.29 is 9.18 Å². The highest BCUT2D eigenvalue weighted by Gasteiger charge is 2.50. The van der Waals surface area contributed by atoms with Crippen molar-refractivity contribution in [3.8, 4) is 5.82 Å². The van der Waals surface area contributed by atoms with E-state index < -0.39 is 11.4 Å². The van der Waals surface area contributed by atoms with Crippen LogP contribution in [-0.4, -0.2) is 70.2 Å². The van der Waals surface area contributed by atoms with E-state index >= 15 is 0 Å². The summed E-state index contributed by atoms with van der Waals surface area (Å²) in [4.78, 5) is 36.4. The zero-order chi connectivity index (χ0) is 28.0. The average Bonchev–Trinajstić information content (AvgIpc) is 3.61. The van der Waals surface area contributed by atoms with Crippen LogP contribution in [0.4, 0.5) is 22.0 Å². The number of aryl methyl sites for hydroxylation is 2. The Morgan fingerprint density at radius 3 is 2.52 bits per heavy atom. The Bertz CT molecular complexity index is 1580. The van der Waals surface area contributed by atoms with Crippen LogP contribution in [0, 0.1) is 19.7 Å². The number of rotatable bonds is 6. The first-order valence-electron chi connectivity index (χ1n) is 13.2. The molecule has 0 aliphatic carbocycles. The molecule has 1 atom stereocenters. The summed E-state index contributed by atoms with van der Waals surface area (Å²) >= 11 is 0. The first-order valence-corrected chi connectivity index (χ1v) is 13.2. The van der Waals surface area contributed by atoms with Gasteiger partial charge in [-0.3, -0.25) is 19.8 Å². The molecule has 0 bridgehead atoms. The molecule has 1 saturated heterocycles. The van der Waals surface area contributed by atoms with Crippen LogP contribution < -0.4 is 10.2 Å². The molecule has 6 heterocycles. The molecule has 1 spiro atoms. The third kappa shape index (κ3) is 4.67. The second kappa shape index (κ2) is 9.81. The second-order valence-corrected chi connectivity index (χ2v) is 10.3. The predicted molar refractivity (Wildman–Crippen MR) is 147 cm³/mol. The van der Waals surface area contributed by atoms with E-state index in [2.05, 4.69) is 35.5 Å². The summed E-state index contributed by atoms with van der Waals surface area (Å²) in [5, 5.41) is 14.3. The van der Waals surface area contributed by atoms with Crippen molar-refractivity contribution in [2.45, 2.75) is 52.1 Å². The number of carbonyl (C=O) groups excluding carboxylic acids is 1. The van der Waals surface area contributed by atoms with Crippen LogP contribution in [0.3, 0.4) is 0 Å². The van der Waals surface area contributed by atoms with Gasteiger partial charge in [0.25, 0.3) is 5.91 Å². The van der Waals surface area contributed by atoms with Gasteiger partial charge in [-0.1, -0.05) is 6.07 Å². The normalized spacial score (nSPS) is 17.4. The van der Waals surface area contributed by atoms with E-state index in [-0.39, 0.29) is 11.9 Å². The highest BCUT2D eigenvalue weighted by molar-refractivity contribution is 6.07. The Balaban J connectivity index is 1.14. The van der Waals surface area contributed by atoms with Crippen molar-refractivity contribution in [2.24, 2.45) is 4.99 Å². The summed E-state index contributed by atoms with van der Waals surface area (Å²) in [5.41, 5.74) is 1.85. The van der Waals surface area contributed by atoms with Gasteiger partial charge in [0, 0.05) is 42.8 Å². The van der Waals surface area contributed by atoms with E-state index in [1.54, 1.807) is 17.2 Å². The summed E-state index contributed by atoms with van der Waals surface area (Å²) in [7, 11) is 0. The topological polar surface area (TPSA) is 133 Å². The molecule has 6 rings (SSSR count). The maximum absolute atomic E-state index is 13.8. The van der Waals surface area contributed by atoms with Crippen molar-refractivity contribution in [1.82, 2.24) is 39.8 Å². The number of aliphatic imine (C=N–C) groups is 1. The highest BCUT2D eigenvalue weighted by Crippen LogP contribution is 2.38. The number of pyridine rings is 1. The van der Waals surface area contributed by atoms with Gasteiger partial charge < -0.3 is 10.2 Å². The van der Waals surface area contributed by atoms with Crippen LogP contribution >= 0.6 is 0 Å². The summed E-state index contributed by atoms with van der Waals surface area (Å²) in [6, 6.07) is 7.17. The molecule has 40 heavy (non-hydrogen) atoms. The van der Waals surface area contributed by atoms with Gasteiger partial charge in [0.1, 0.15) is 17.2 Å². The van der Waals surface area contributed by atoms with E-state index in [9.17, 15) is 9.18 Å². The smallest absolute Gasteiger partial charge is 0.256 e. The first-order chi connectivity index (χ1) is 19.2. The lowest BCUT2D eigenvalue weighted by atomic mass is 9.87. The van der Waals surface area contributed by atoms with E-state index in [1.807, 2.05) is 45.9 Å². The molecule has 13 heteroatoms. The molecule has 1 fully saturated rings. The standard InChI is InChI=1S/C27H30FN11O/c1-16-11-22(32-23-12-17(2)35-36-23)33-26(31-16)37-9-7-27(8-10-37)25(40)39(19(4)34-27)18(3)20-5-6-24(29-13-20)38-15-21(28)14-30-38/h5-6,11-15,18H,7-10H2,1-4H3,(H2,31,32,33,35,36)/t18-/m0/s1. The van der Waals surface area contributed by atoms with Gasteiger partial charge in [0.15, 0.2) is 17.5 Å². The number of hydrogen-bond donors (Lipinski definition) is 2. The second-order valence-electron chi connectivity index (χ2n) is 10.3. The quantitative estimate of drug-likeness (QED) is 0.377. The highest BCUT2D eigenvalue weighted by atomic mass is 19.1. The molecule has 1 amide bonds. The molecule has 0 radical (unpaired) electrons. The van der Waals surface area contributed by atoms with Crippen LogP contribution in [0.1, 0.15) is 49.7 Å². The minimum Gasteiger partial charge on any atom is -0.341 e. The molecule has 0 aromatic carbocycles. The Kier molecular flexibility index (Phi) is 6.28. The minimum absolute atomic E-state index is 0.00297. The van der Waals surface area contributed by atoms with E-state index in [0.29, 0.717) is 55.2 Å². The van der Waals surface area contributed by atoms with Gasteiger partial charge in [-0.15, -0.1) is 0 Å². The fraction of sp³-hybridized carbons (Fsp3) is 0.370. The largest absolute Gasteiger partial charge is 0.341 e. The maximum Gasteiger partial charge on any atom is 0.256 e. The molecule has 2 aliphatic heterocycles. The molecular formula is C27H30FN11O. The number of halogens is 1. The van der Waals surface area contributed by atoms with Gasteiger partial charge in [-0.05, 0) is 52.2 Å². The van der Waals surface area contributed by atoms with Crippen LogP contribution in [-0.2, 0) is 4.79 Å². The minimum atomic E-state index is -0.799. The van der Waals surface area contributed by atoms with Crippen LogP contribution in [0.2, 0.25) is 0 Å². The van der Waals surface area contributed by atoms with Gasteiger partial charge in [-0.25, -0.2) is 19.0 Å². The number of amides is 1. The number of aromatic nitrogens is 7. The zero-order valence-electron chi connectivity index (χ0n) is 22.8. The lowest BCUT2D eigenvalue weighted by molar-refractivity contribution is -0.133. The third-order valence-electron chi connectivity index (χ3n) is 7.45. The van der Waals surface area contributed by atoms with Crippen molar-refractivity contribution >= 4 is 29.3 Å². The van der Waals surface area contributed by atoms with E-state index in [1.165, 1.54) is 10.9 Å². The van der Waals surface area contributed by atoms with Crippen LogP contribution in [0.25, 0.3) is 5.82 Å².